The number of fused-ring (bicyclic) bond motifs is 1. The van der Waals surface area contributed by atoms with Crippen molar-refractivity contribution in [1.29, 1.82) is 0 Å². The number of ether oxygens (including phenoxy) is 1. The summed E-state index contributed by atoms with van der Waals surface area (Å²) in [5, 5.41) is 0. The third-order valence-corrected chi connectivity index (χ3v) is 6.89. The van der Waals surface area contributed by atoms with Crippen LogP contribution >= 0.6 is 0 Å². The molecule has 0 spiro atoms. The lowest BCUT2D eigenvalue weighted by Crippen LogP contribution is -2.29. The van der Waals surface area contributed by atoms with Crippen molar-refractivity contribution >= 4 is 21.1 Å². The maximum absolute atomic E-state index is 13.7. The monoisotopic (exact) mass is 389 g/mol. The molecule has 2 heterocycles. The fourth-order valence-electron chi connectivity index (χ4n) is 3.76. The predicted octanol–water partition coefficient (Wildman–Crippen LogP) is 3.13. The topological polar surface area (TPSA) is 64.4 Å². The van der Waals surface area contributed by atoms with E-state index in [0.29, 0.717) is 19.5 Å². The predicted molar refractivity (Wildman–Crippen MR) is 99.8 cm³/mol. The molecule has 1 atom stereocenters. The van der Waals surface area contributed by atoms with Gasteiger partial charge in [0.15, 0.2) is 0 Å². The van der Waals surface area contributed by atoms with Crippen LogP contribution in [0.4, 0.5) is 4.39 Å². The Bertz CT molecular complexity index is 1110. The van der Waals surface area contributed by atoms with E-state index in [1.807, 2.05) is 31.2 Å². The van der Waals surface area contributed by atoms with Crippen LogP contribution < -0.4 is 4.74 Å². The van der Waals surface area contributed by atoms with Gasteiger partial charge in [-0.1, -0.05) is 12.1 Å². The van der Waals surface area contributed by atoms with Gasteiger partial charge in [0.1, 0.15) is 22.3 Å². The third kappa shape index (κ3) is 2.98. The zero-order valence-corrected chi connectivity index (χ0v) is 15.9. The molecule has 0 N–H and O–H groups in total. The highest BCUT2D eigenvalue weighted by atomic mass is 32.2. The van der Waals surface area contributed by atoms with Crippen molar-refractivity contribution in [3.05, 3.63) is 54.1 Å². The Kier molecular flexibility index (Phi) is 4.39. The highest BCUT2D eigenvalue weighted by Gasteiger charge is 2.36. The summed E-state index contributed by atoms with van der Waals surface area (Å²) in [6.45, 7) is 2.59. The molecule has 0 amide bonds. The Balaban J connectivity index is 1.68. The van der Waals surface area contributed by atoms with Gasteiger partial charge in [-0.15, -0.1) is 0 Å². The maximum atomic E-state index is 13.7. The van der Waals surface area contributed by atoms with Crippen molar-refractivity contribution in [2.24, 2.45) is 0 Å². The van der Waals surface area contributed by atoms with Crippen LogP contribution in [0.2, 0.25) is 0 Å². The standard InChI is InChI=1S/C19H20FN3O3S/c1-13-21-16-5-3-4-6-17(16)23(13)15-9-10-22(12-15)27(24,25)19-11-14(20)7-8-18(19)26-2/h3-8,11,15H,9-10,12H2,1-2H3/t15-/m0/s1. The lowest BCUT2D eigenvalue weighted by molar-refractivity contribution is 0.395. The Labute approximate surface area is 157 Å². The number of nitrogens with zero attached hydrogens (tertiary/aromatic N) is 3. The molecule has 1 saturated heterocycles. The molecule has 8 heteroatoms. The van der Waals surface area contributed by atoms with Crippen molar-refractivity contribution in [3.63, 3.8) is 0 Å². The van der Waals surface area contributed by atoms with Gasteiger partial charge in [-0.25, -0.2) is 17.8 Å². The first-order valence-electron chi connectivity index (χ1n) is 8.69. The van der Waals surface area contributed by atoms with E-state index >= 15 is 0 Å². The number of aryl methyl sites for hydroxylation is 1. The molecule has 4 rings (SSSR count). The number of benzene rings is 2. The molecule has 2 aromatic carbocycles. The summed E-state index contributed by atoms with van der Waals surface area (Å²) in [6, 6.07) is 11.3. The van der Waals surface area contributed by atoms with E-state index in [9.17, 15) is 12.8 Å². The molecule has 27 heavy (non-hydrogen) atoms. The van der Waals surface area contributed by atoms with Crippen LogP contribution in [0.15, 0.2) is 47.4 Å². The molecule has 142 valence electrons. The number of rotatable bonds is 4. The lowest BCUT2D eigenvalue weighted by atomic mass is 10.2. The summed E-state index contributed by atoms with van der Waals surface area (Å²) < 4.78 is 48.5. The molecule has 6 nitrogen and oxygen atoms in total. The molecular weight excluding hydrogens is 369 g/mol. The fraction of sp³-hybridized carbons (Fsp3) is 0.316. The van der Waals surface area contributed by atoms with Gasteiger partial charge in [0, 0.05) is 13.1 Å². The summed E-state index contributed by atoms with van der Waals surface area (Å²) in [6.07, 6.45) is 0.665. The normalized spacial score (nSPS) is 18.3. The molecule has 0 unspecified atom stereocenters. The molecule has 1 aromatic heterocycles. The summed E-state index contributed by atoms with van der Waals surface area (Å²) in [5.74, 6) is 0.384. The van der Waals surface area contributed by atoms with Gasteiger partial charge in [-0.05, 0) is 43.7 Å². The molecule has 1 aliphatic rings. The van der Waals surface area contributed by atoms with E-state index in [0.717, 1.165) is 22.9 Å². The van der Waals surface area contributed by atoms with Crippen molar-refractivity contribution in [2.75, 3.05) is 20.2 Å². The minimum atomic E-state index is -3.86. The van der Waals surface area contributed by atoms with E-state index in [2.05, 4.69) is 9.55 Å². The second kappa shape index (κ2) is 6.61. The van der Waals surface area contributed by atoms with Crippen molar-refractivity contribution < 1.29 is 17.5 Å². The molecule has 3 aromatic rings. The van der Waals surface area contributed by atoms with Gasteiger partial charge >= 0.3 is 0 Å². The Hall–Kier alpha value is -2.45. The minimum absolute atomic E-state index is 0.0215. The van der Waals surface area contributed by atoms with Gasteiger partial charge in [0.05, 0.1) is 24.2 Å². The highest BCUT2D eigenvalue weighted by molar-refractivity contribution is 7.89. The SMILES string of the molecule is COc1ccc(F)cc1S(=O)(=O)N1CC[C@H](n2c(C)nc3ccccc32)C1. The van der Waals surface area contributed by atoms with E-state index in [1.165, 1.54) is 23.5 Å². The van der Waals surface area contributed by atoms with Crippen LogP contribution in [-0.2, 0) is 10.0 Å². The van der Waals surface area contributed by atoms with Gasteiger partial charge < -0.3 is 9.30 Å². The van der Waals surface area contributed by atoms with Crippen LogP contribution in [0.5, 0.6) is 5.75 Å². The largest absolute Gasteiger partial charge is 0.495 e. The number of para-hydroxylation sites is 2. The third-order valence-electron chi connectivity index (χ3n) is 5.01. The maximum Gasteiger partial charge on any atom is 0.246 e. The van der Waals surface area contributed by atoms with Crippen molar-refractivity contribution in [1.82, 2.24) is 13.9 Å². The molecular formula is C19H20FN3O3S. The molecule has 1 aliphatic heterocycles. The van der Waals surface area contributed by atoms with E-state index in [1.54, 1.807) is 0 Å². The number of aromatic nitrogens is 2. The lowest BCUT2D eigenvalue weighted by Gasteiger charge is -2.19. The highest BCUT2D eigenvalue weighted by Crippen LogP contribution is 2.34. The second-order valence-corrected chi connectivity index (χ2v) is 8.52. The van der Waals surface area contributed by atoms with Gasteiger partial charge in [-0.3, -0.25) is 0 Å². The molecule has 0 aliphatic carbocycles. The second-order valence-electron chi connectivity index (χ2n) is 6.62. The van der Waals surface area contributed by atoms with E-state index in [4.69, 9.17) is 4.74 Å². The summed E-state index contributed by atoms with van der Waals surface area (Å²) in [7, 11) is -2.48. The number of imidazole rings is 1. The van der Waals surface area contributed by atoms with Crippen LogP contribution in [0, 0.1) is 12.7 Å². The zero-order chi connectivity index (χ0) is 19.2. The van der Waals surface area contributed by atoms with E-state index < -0.39 is 15.8 Å². The first-order valence-corrected chi connectivity index (χ1v) is 10.1. The number of halogens is 1. The van der Waals surface area contributed by atoms with Gasteiger partial charge in [0.2, 0.25) is 10.0 Å². The molecule has 0 radical (unpaired) electrons. The first-order chi connectivity index (χ1) is 12.9. The average Bonchev–Trinajstić information content (AvgIpc) is 3.25. The Morgan fingerprint density at radius 2 is 2.00 bits per heavy atom. The zero-order valence-electron chi connectivity index (χ0n) is 15.1. The molecule has 0 bridgehead atoms. The Morgan fingerprint density at radius 1 is 1.22 bits per heavy atom. The van der Waals surface area contributed by atoms with Crippen LogP contribution in [0.25, 0.3) is 11.0 Å². The summed E-state index contributed by atoms with van der Waals surface area (Å²) in [4.78, 5) is 4.43. The number of sulfonamides is 1. The smallest absolute Gasteiger partial charge is 0.246 e. The minimum Gasteiger partial charge on any atom is -0.495 e. The Morgan fingerprint density at radius 3 is 2.78 bits per heavy atom. The van der Waals surface area contributed by atoms with Crippen LogP contribution in [0.1, 0.15) is 18.3 Å². The molecule has 0 saturated carbocycles. The molecule has 1 fully saturated rings. The van der Waals surface area contributed by atoms with Crippen molar-refractivity contribution in [3.8, 4) is 5.75 Å². The van der Waals surface area contributed by atoms with Gasteiger partial charge in [0.25, 0.3) is 0 Å². The van der Waals surface area contributed by atoms with Crippen LogP contribution in [0.3, 0.4) is 0 Å². The summed E-state index contributed by atoms with van der Waals surface area (Å²) in [5.41, 5.74) is 1.88. The van der Waals surface area contributed by atoms with Crippen LogP contribution in [-0.4, -0.2) is 42.5 Å². The van der Waals surface area contributed by atoms with Gasteiger partial charge in [-0.2, -0.15) is 4.31 Å². The quantitative estimate of drug-likeness (QED) is 0.688. The number of hydrogen-bond acceptors (Lipinski definition) is 4. The van der Waals surface area contributed by atoms with Crippen molar-refractivity contribution in [2.45, 2.75) is 24.3 Å². The first kappa shape index (κ1) is 17.9. The fourth-order valence-corrected chi connectivity index (χ4v) is 5.42. The number of methoxy groups -OCH3 is 1. The average molecular weight is 389 g/mol. The summed E-state index contributed by atoms with van der Waals surface area (Å²) >= 11 is 0. The van der Waals surface area contributed by atoms with E-state index in [-0.39, 0.29) is 16.7 Å². The number of hydrogen-bond donors (Lipinski definition) is 0.